The Kier molecular flexibility index (Phi) is 7.36. The van der Waals surface area contributed by atoms with Gasteiger partial charge in [0, 0.05) is 30.3 Å². The van der Waals surface area contributed by atoms with Crippen LogP contribution < -0.4 is 20.5 Å². The first-order valence-electron chi connectivity index (χ1n) is 9.83. The molecule has 2 aromatic rings. The number of nitrogens with one attached hydrogen (secondary N) is 1. The molecule has 0 unspecified atom stereocenters. The van der Waals surface area contributed by atoms with Crippen molar-refractivity contribution in [1.82, 2.24) is 10.2 Å². The minimum atomic E-state index is -0.652. The summed E-state index contributed by atoms with van der Waals surface area (Å²) in [5, 5.41) is 3.17. The number of hydrogen-bond donors (Lipinski definition) is 2. The number of likely N-dealkylation sites (tertiary alicyclic amines) is 1. The number of carbonyl (C=O) groups is 3. The van der Waals surface area contributed by atoms with Crippen LogP contribution in [-0.4, -0.2) is 55.5 Å². The smallest absolute Gasteiger partial charge is 0.255 e. The molecule has 0 saturated carbocycles. The molecule has 1 heterocycles. The Bertz CT molecular complexity index is 959. The lowest BCUT2D eigenvalue weighted by molar-refractivity contribution is -0.119. The van der Waals surface area contributed by atoms with Crippen LogP contribution in [-0.2, 0) is 4.79 Å². The van der Waals surface area contributed by atoms with Gasteiger partial charge in [0.05, 0.1) is 12.1 Å². The van der Waals surface area contributed by atoms with E-state index in [1.54, 1.807) is 17.0 Å². The van der Waals surface area contributed by atoms with Crippen molar-refractivity contribution in [1.29, 1.82) is 0 Å². The zero-order valence-electron chi connectivity index (χ0n) is 17.1. The molecule has 8 nitrogen and oxygen atoms in total. The molecule has 0 aliphatic carbocycles. The number of ether oxygens (including phenoxy) is 2. The number of halogens is 1. The highest BCUT2D eigenvalue weighted by molar-refractivity contribution is 6.32. The molecule has 0 bridgehead atoms. The highest BCUT2D eigenvalue weighted by Crippen LogP contribution is 2.37. The second-order valence-corrected chi connectivity index (χ2v) is 7.56. The van der Waals surface area contributed by atoms with Crippen molar-refractivity contribution in [3.8, 4) is 11.5 Å². The molecule has 164 valence electrons. The van der Waals surface area contributed by atoms with Gasteiger partial charge < -0.3 is 25.4 Å². The van der Waals surface area contributed by atoms with E-state index < -0.39 is 5.91 Å². The van der Waals surface area contributed by atoms with Gasteiger partial charge in [0.1, 0.15) is 0 Å². The Morgan fingerprint density at radius 3 is 2.42 bits per heavy atom. The minimum Gasteiger partial charge on any atom is -0.493 e. The summed E-state index contributed by atoms with van der Waals surface area (Å²) >= 11 is 6.24. The number of rotatable bonds is 7. The van der Waals surface area contributed by atoms with Crippen molar-refractivity contribution < 1.29 is 23.9 Å². The normalized spacial score (nSPS) is 14.1. The van der Waals surface area contributed by atoms with E-state index >= 15 is 0 Å². The maximum atomic E-state index is 13.0. The summed E-state index contributed by atoms with van der Waals surface area (Å²) < 4.78 is 10.6. The molecule has 9 heteroatoms. The van der Waals surface area contributed by atoms with Gasteiger partial charge in [-0.1, -0.05) is 29.8 Å². The number of primary amides is 1. The SMILES string of the molecule is COc1cc(C(=O)N2CCC(NC(=O)c3ccccc3)CC2)cc(Cl)c1OCC(N)=O. The van der Waals surface area contributed by atoms with Crippen molar-refractivity contribution in [3.05, 3.63) is 58.6 Å². The van der Waals surface area contributed by atoms with Gasteiger partial charge in [0.15, 0.2) is 18.1 Å². The molecule has 2 aromatic carbocycles. The van der Waals surface area contributed by atoms with Crippen molar-refractivity contribution in [3.63, 3.8) is 0 Å². The summed E-state index contributed by atoms with van der Waals surface area (Å²) in [7, 11) is 1.41. The summed E-state index contributed by atoms with van der Waals surface area (Å²) in [4.78, 5) is 38.0. The van der Waals surface area contributed by atoms with Gasteiger partial charge in [-0.15, -0.1) is 0 Å². The maximum Gasteiger partial charge on any atom is 0.255 e. The molecule has 1 fully saturated rings. The first-order valence-corrected chi connectivity index (χ1v) is 10.2. The van der Waals surface area contributed by atoms with Crippen LogP contribution in [0.2, 0.25) is 5.02 Å². The van der Waals surface area contributed by atoms with Crippen molar-refractivity contribution in [2.24, 2.45) is 5.73 Å². The van der Waals surface area contributed by atoms with Gasteiger partial charge in [0.2, 0.25) is 0 Å². The van der Waals surface area contributed by atoms with Crippen LogP contribution in [0, 0.1) is 0 Å². The van der Waals surface area contributed by atoms with Crippen LogP contribution in [0.1, 0.15) is 33.6 Å². The van der Waals surface area contributed by atoms with E-state index in [1.807, 2.05) is 18.2 Å². The number of amides is 3. The third kappa shape index (κ3) is 5.67. The van der Waals surface area contributed by atoms with Crippen LogP contribution in [0.15, 0.2) is 42.5 Å². The average Bonchev–Trinajstić information content (AvgIpc) is 2.78. The molecule has 0 aromatic heterocycles. The average molecular weight is 446 g/mol. The van der Waals surface area contributed by atoms with E-state index in [2.05, 4.69) is 5.32 Å². The fraction of sp³-hybridized carbons (Fsp3) is 0.318. The molecule has 1 aliphatic rings. The second-order valence-electron chi connectivity index (χ2n) is 7.15. The van der Waals surface area contributed by atoms with E-state index in [9.17, 15) is 14.4 Å². The number of nitrogens with two attached hydrogens (primary N) is 1. The van der Waals surface area contributed by atoms with E-state index in [4.69, 9.17) is 26.8 Å². The summed E-state index contributed by atoms with van der Waals surface area (Å²) in [5.41, 5.74) is 6.06. The van der Waals surface area contributed by atoms with Crippen LogP contribution in [0.5, 0.6) is 11.5 Å². The van der Waals surface area contributed by atoms with Crippen LogP contribution in [0.3, 0.4) is 0 Å². The number of methoxy groups -OCH3 is 1. The zero-order chi connectivity index (χ0) is 22.4. The Hall–Kier alpha value is -3.26. The molecule has 1 aliphatic heterocycles. The van der Waals surface area contributed by atoms with Gasteiger partial charge >= 0.3 is 0 Å². The predicted octanol–water partition coefficient (Wildman–Crippen LogP) is 2.25. The van der Waals surface area contributed by atoms with Crippen molar-refractivity contribution in [2.45, 2.75) is 18.9 Å². The molecule has 0 spiro atoms. The highest BCUT2D eigenvalue weighted by atomic mass is 35.5. The topological polar surface area (TPSA) is 111 Å². The van der Waals surface area contributed by atoms with Crippen LogP contribution in [0.4, 0.5) is 0 Å². The van der Waals surface area contributed by atoms with Crippen LogP contribution in [0.25, 0.3) is 0 Å². The number of hydrogen-bond acceptors (Lipinski definition) is 5. The fourth-order valence-electron chi connectivity index (χ4n) is 3.39. The largest absolute Gasteiger partial charge is 0.493 e. The summed E-state index contributed by atoms with van der Waals surface area (Å²) in [5.74, 6) is -0.576. The number of benzene rings is 2. The fourth-order valence-corrected chi connectivity index (χ4v) is 3.66. The molecular formula is C22H24ClN3O5. The minimum absolute atomic E-state index is 0.000504. The summed E-state index contributed by atoms with van der Waals surface area (Å²) in [6.45, 7) is 0.641. The maximum absolute atomic E-state index is 13.0. The highest BCUT2D eigenvalue weighted by Gasteiger charge is 2.26. The van der Waals surface area contributed by atoms with Gasteiger partial charge in [-0.05, 0) is 37.1 Å². The van der Waals surface area contributed by atoms with Crippen molar-refractivity contribution >= 4 is 29.3 Å². The van der Waals surface area contributed by atoms with E-state index in [1.165, 1.54) is 19.2 Å². The number of piperidine rings is 1. The Labute approximate surface area is 185 Å². The lowest BCUT2D eigenvalue weighted by Crippen LogP contribution is -2.46. The van der Waals surface area contributed by atoms with E-state index in [0.29, 0.717) is 37.1 Å². The van der Waals surface area contributed by atoms with Gasteiger partial charge in [-0.3, -0.25) is 14.4 Å². The number of carbonyl (C=O) groups excluding carboxylic acids is 3. The summed E-state index contributed by atoms with van der Waals surface area (Å²) in [6, 6.07) is 12.0. The first-order chi connectivity index (χ1) is 14.9. The Morgan fingerprint density at radius 1 is 1.13 bits per heavy atom. The molecular weight excluding hydrogens is 422 g/mol. The molecule has 31 heavy (non-hydrogen) atoms. The second kappa shape index (κ2) is 10.2. The van der Waals surface area contributed by atoms with Crippen LogP contribution >= 0.6 is 11.6 Å². The lowest BCUT2D eigenvalue weighted by Gasteiger charge is -2.32. The molecule has 1 saturated heterocycles. The third-order valence-electron chi connectivity index (χ3n) is 4.99. The quantitative estimate of drug-likeness (QED) is 0.679. The van der Waals surface area contributed by atoms with Gasteiger partial charge in [-0.25, -0.2) is 0 Å². The monoisotopic (exact) mass is 445 g/mol. The van der Waals surface area contributed by atoms with Crippen molar-refractivity contribution in [2.75, 3.05) is 26.8 Å². The van der Waals surface area contributed by atoms with E-state index in [0.717, 1.165) is 0 Å². The van der Waals surface area contributed by atoms with E-state index in [-0.39, 0.29) is 41.0 Å². The molecule has 3 rings (SSSR count). The van der Waals surface area contributed by atoms with Gasteiger partial charge in [0.25, 0.3) is 17.7 Å². The first kappa shape index (κ1) is 22.4. The molecule has 3 N–H and O–H groups in total. The number of nitrogens with zero attached hydrogens (tertiary/aromatic N) is 1. The zero-order valence-corrected chi connectivity index (χ0v) is 17.9. The predicted molar refractivity (Wildman–Crippen MR) is 116 cm³/mol. The molecule has 0 atom stereocenters. The Morgan fingerprint density at radius 2 is 1.81 bits per heavy atom. The Balaban J connectivity index is 1.62. The standard InChI is InChI=1S/C22H24ClN3O5/c1-30-18-12-15(11-17(23)20(18)31-13-19(24)27)22(29)26-9-7-16(8-10-26)25-21(28)14-5-3-2-4-6-14/h2-6,11-12,16H,7-10,13H2,1H3,(H2,24,27)(H,25,28). The van der Waals surface area contributed by atoms with Gasteiger partial charge in [-0.2, -0.15) is 0 Å². The summed E-state index contributed by atoms with van der Waals surface area (Å²) in [6.07, 6.45) is 1.30. The molecule has 0 radical (unpaired) electrons. The lowest BCUT2D eigenvalue weighted by atomic mass is 10.0. The molecule has 3 amide bonds. The third-order valence-corrected chi connectivity index (χ3v) is 5.27.